The third-order valence-electron chi connectivity index (χ3n) is 5.58. The third-order valence-corrected chi connectivity index (χ3v) is 8.24. The van der Waals surface area contributed by atoms with E-state index >= 15 is 0 Å². The lowest BCUT2D eigenvalue weighted by molar-refractivity contribution is 0.425. The van der Waals surface area contributed by atoms with Gasteiger partial charge in [0, 0.05) is 0 Å². The van der Waals surface area contributed by atoms with Gasteiger partial charge in [-0.15, -0.1) is 0 Å². The van der Waals surface area contributed by atoms with Crippen LogP contribution in [0.4, 0.5) is 0 Å². The lowest BCUT2D eigenvalue weighted by atomic mass is 9.99. The summed E-state index contributed by atoms with van der Waals surface area (Å²) in [6, 6.07) is -0.188. The van der Waals surface area contributed by atoms with Crippen LogP contribution in [0.25, 0.3) is 0 Å². The van der Waals surface area contributed by atoms with Gasteiger partial charge in [-0.05, 0) is 25.0 Å². The van der Waals surface area contributed by atoms with Crippen LogP contribution in [-0.2, 0) is 18.6 Å². The summed E-state index contributed by atoms with van der Waals surface area (Å²) in [4.78, 5) is 0. The van der Waals surface area contributed by atoms with Gasteiger partial charge in [-0.1, -0.05) is 0 Å². The average Bonchev–Trinajstić information content (AvgIpc) is 3.39. The van der Waals surface area contributed by atoms with Crippen LogP contribution in [0.1, 0.15) is 12.8 Å². The van der Waals surface area contributed by atoms with Crippen molar-refractivity contribution in [2.45, 2.75) is 24.9 Å². The summed E-state index contributed by atoms with van der Waals surface area (Å²) in [5.41, 5.74) is 2.77. The van der Waals surface area contributed by atoms with E-state index in [1.165, 1.54) is 8.61 Å². The molecular weight excluding hydrogens is 436 g/mol. The number of hydrogen-bond acceptors (Lipinski definition) is 10. The standard InChI is InChI=1S/C16H16N6O4S3/c23-29(24,21-7-17-11-1-3-13-9(15(11)21)5-19-27-25-13)22-8-18-12-2-4-14-10(16(12)22)6-20-28-26-14/h3-6,11-12,17-18H,1-2,7-8H2. The predicted molar refractivity (Wildman–Crippen MR) is 110 cm³/mol. The first-order valence-electron chi connectivity index (χ1n) is 9.05. The molecule has 0 spiro atoms. The van der Waals surface area contributed by atoms with Crippen molar-refractivity contribution in [2.75, 3.05) is 13.3 Å². The average molecular weight is 453 g/mol. The van der Waals surface area contributed by atoms with Crippen molar-refractivity contribution >= 4 is 47.1 Å². The second-order valence-corrected chi connectivity index (χ2v) is 9.86. The van der Waals surface area contributed by atoms with E-state index in [0.29, 0.717) is 46.9 Å². The molecule has 2 aliphatic carbocycles. The highest BCUT2D eigenvalue weighted by Gasteiger charge is 2.47. The van der Waals surface area contributed by atoms with Crippen molar-refractivity contribution in [3.05, 3.63) is 46.2 Å². The summed E-state index contributed by atoms with van der Waals surface area (Å²) in [5, 5.41) is 6.58. The Kier molecular flexibility index (Phi) is 4.03. The summed E-state index contributed by atoms with van der Waals surface area (Å²) in [7, 11) is -3.86. The van der Waals surface area contributed by atoms with Crippen LogP contribution >= 0.6 is 24.5 Å². The lowest BCUT2D eigenvalue weighted by Crippen LogP contribution is -2.42. The molecule has 4 aliphatic heterocycles. The van der Waals surface area contributed by atoms with Gasteiger partial charge >= 0.3 is 10.2 Å². The van der Waals surface area contributed by atoms with Crippen molar-refractivity contribution in [3.8, 4) is 0 Å². The fraction of sp³-hybridized carbons (Fsp3) is 0.375. The summed E-state index contributed by atoms with van der Waals surface area (Å²) in [5.74, 6) is 1.32. The first kappa shape index (κ1) is 17.9. The molecule has 2 fully saturated rings. The summed E-state index contributed by atoms with van der Waals surface area (Å²) >= 11 is 1.98. The third kappa shape index (κ3) is 2.61. The van der Waals surface area contributed by atoms with Crippen LogP contribution in [0, 0.1) is 0 Å². The van der Waals surface area contributed by atoms with E-state index in [9.17, 15) is 8.42 Å². The zero-order chi connectivity index (χ0) is 19.6. The first-order valence-corrected chi connectivity index (χ1v) is 11.8. The van der Waals surface area contributed by atoms with Crippen LogP contribution in [0.15, 0.2) is 55.0 Å². The van der Waals surface area contributed by atoms with Crippen LogP contribution in [0.3, 0.4) is 0 Å². The number of hydrogen-bond donors (Lipinski definition) is 2. The molecule has 2 unspecified atom stereocenters. The van der Waals surface area contributed by atoms with Crippen LogP contribution in [0.5, 0.6) is 0 Å². The molecule has 0 amide bonds. The number of nitrogens with one attached hydrogen (secondary N) is 2. The molecule has 29 heavy (non-hydrogen) atoms. The smallest absolute Gasteiger partial charge is 0.328 e. The Hall–Kier alpha value is -1.93. The summed E-state index contributed by atoms with van der Waals surface area (Å²) in [6.45, 7) is 0.391. The van der Waals surface area contributed by atoms with Crippen molar-refractivity contribution in [1.82, 2.24) is 19.2 Å². The van der Waals surface area contributed by atoms with Crippen molar-refractivity contribution in [1.29, 1.82) is 0 Å². The molecule has 0 radical (unpaired) electrons. The van der Waals surface area contributed by atoms with E-state index in [1.54, 1.807) is 12.4 Å². The van der Waals surface area contributed by atoms with Gasteiger partial charge in [-0.2, -0.15) is 17.2 Å². The molecule has 13 heteroatoms. The zero-order valence-electron chi connectivity index (χ0n) is 14.9. The van der Waals surface area contributed by atoms with Crippen LogP contribution in [0.2, 0.25) is 0 Å². The Morgan fingerprint density at radius 3 is 1.86 bits per heavy atom. The molecule has 2 saturated heterocycles. The molecule has 2 atom stereocenters. The summed E-state index contributed by atoms with van der Waals surface area (Å²) in [6.07, 6.45) is 8.60. The molecule has 6 aliphatic rings. The zero-order valence-corrected chi connectivity index (χ0v) is 17.4. The number of allylic oxidation sites excluding steroid dienone is 2. The van der Waals surface area contributed by atoms with Gasteiger partial charge in [0.1, 0.15) is 11.5 Å². The number of rotatable bonds is 2. The maximum Gasteiger partial charge on any atom is 0.328 e. The van der Waals surface area contributed by atoms with Gasteiger partial charge < -0.3 is 8.37 Å². The SMILES string of the molecule is O=S(=O)(N1CNC2CC=C3OSN=CC3=C21)N1CNC2CC=C3OSN=CC3=C21. The molecule has 4 heterocycles. The number of nitrogens with zero attached hydrogens (tertiary/aromatic N) is 4. The van der Waals surface area contributed by atoms with Gasteiger partial charge in [0.15, 0.2) is 0 Å². The van der Waals surface area contributed by atoms with E-state index in [4.69, 9.17) is 8.37 Å². The van der Waals surface area contributed by atoms with Gasteiger partial charge in [0.05, 0.1) is 60.4 Å². The molecule has 0 aromatic heterocycles. The Bertz CT molecular complexity index is 998. The molecule has 0 bridgehead atoms. The minimum Gasteiger partial charge on any atom is -0.404 e. The Morgan fingerprint density at radius 2 is 1.38 bits per heavy atom. The molecule has 10 nitrogen and oxygen atoms in total. The lowest BCUT2D eigenvalue weighted by Gasteiger charge is -2.32. The van der Waals surface area contributed by atoms with Gasteiger partial charge in [-0.25, -0.2) is 8.61 Å². The Balaban J connectivity index is 1.45. The van der Waals surface area contributed by atoms with Crippen LogP contribution < -0.4 is 10.6 Å². The van der Waals surface area contributed by atoms with Crippen LogP contribution in [-0.4, -0.2) is 54.9 Å². The maximum atomic E-state index is 13.8. The topological polar surface area (TPSA) is 108 Å². The van der Waals surface area contributed by atoms with E-state index in [0.717, 1.165) is 24.5 Å². The highest BCUT2D eigenvalue weighted by atomic mass is 32.2. The number of fused-ring (bicyclic) bond motifs is 4. The fourth-order valence-corrected chi connectivity index (χ4v) is 6.79. The van der Waals surface area contributed by atoms with Crippen molar-refractivity contribution in [3.63, 3.8) is 0 Å². The van der Waals surface area contributed by atoms with E-state index < -0.39 is 10.2 Å². The second kappa shape index (κ2) is 6.54. The maximum absolute atomic E-state index is 13.8. The minimum atomic E-state index is -3.86. The van der Waals surface area contributed by atoms with Gasteiger partial charge in [0.25, 0.3) is 0 Å². The molecule has 0 aromatic carbocycles. The normalized spacial score (nSPS) is 30.2. The van der Waals surface area contributed by atoms with E-state index in [2.05, 4.69) is 19.4 Å². The van der Waals surface area contributed by atoms with Gasteiger partial charge in [0.2, 0.25) is 24.5 Å². The molecule has 2 N–H and O–H groups in total. The fourth-order valence-electron chi connectivity index (χ4n) is 4.27. The summed E-state index contributed by atoms with van der Waals surface area (Å²) < 4.78 is 49.7. The van der Waals surface area contributed by atoms with E-state index in [1.807, 2.05) is 12.2 Å². The van der Waals surface area contributed by atoms with Crippen molar-refractivity contribution < 1.29 is 16.8 Å². The largest absolute Gasteiger partial charge is 0.404 e. The van der Waals surface area contributed by atoms with E-state index in [-0.39, 0.29) is 25.4 Å². The Morgan fingerprint density at radius 1 is 0.897 bits per heavy atom. The molecule has 0 aromatic rings. The molecular formula is C16H16N6O4S3. The van der Waals surface area contributed by atoms with Gasteiger partial charge in [-0.3, -0.25) is 10.6 Å². The monoisotopic (exact) mass is 452 g/mol. The highest BCUT2D eigenvalue weighted by Crippen LogP contribution is 2.41. The van der Waals surface area contributed by atoms with Crippen molar-refractivity contribution in [2.24, 2.45) is 8.80 Å². The highest BCUT2D eigenvalue weighted by molar-refractivity contribution is 7.93. The quantitative estimate of drug-likeness (QED) is 0.474. The Labute approximate surface area is 176 Å². The molecule has 0 saturated carbocycles. The molecule has 6 rings (SSSR count). The first-order chi connectivity index (χ1) is 14.1. The predicted octanol–water partition coefficient (Wildman–Crippen LogP) is 1.11. The molecule has 152 valence electrons. The second-order valence-electron chi connectivity index (χ2n) is 7.03. The minimum absolute atomic E-state index is 0.0940.